The third kappa shape index (κ3) is 3.74. The van der Waals surface area contributed by atoms with Crippen LogP contribution in [0.4, 0.5) is 0 Å². The number of ether oxygens (including phenoxy) is 1. The average Bonchev–Trinajstić information content (AvgIpc) is 2.83. The first kappa shape index (κ1) is 16.7. The van der Waals surface area contributed by atoms with Crippen molar-refractivity contribution in [2.75, 3.05) is 47.4 Å². The maximum atomic E-state index is 6.35. The number of likely N-dealkylation sites (N-methyl/N-ethyl adjacent to an activating group) is 2. The molecule has 0 saturated carbocycles. The molecule has 1 aromatic heterocycles. The van der Waals surface area contributed by atoms with Crippen molar-refractivity contribution in [3.8, 4) is 0 Å². The van der Waals surface area contributed by atoms with E-state index in [9.17, 15) is 0 Å². The van der Waals surface area contributed by atoms with Crippen molar-refractivity contribution in [2.45, 2.75) is 18.6 Å². The van der Waals surface area contributed by atoms with Crippen LogP contribution in [-0.4, -0.2) is 73.1 Å². The van der Waals surface area contributed by atoms with Gasteiger partial charge in [-0.15, -0.1) is 0 Å². The highest BCUT2D eigenvalue weighted by atomic mass is 35.5. The summed E-state index contributed by atoms with van der Waals surface area (Å²) >= 11 is 6.35. The van der Waals surface area contributed by atoms with Crippen LogP contribution in [0.5, 0.6) is 0 Å². The molecule has 1 aliphatic heterocycles. The second kappa shape index (κ2) is 7.53. The van der Waals surface area contributed by atoms with E-state index in [1.54, 1.807) is 13.3 Å². The van der Waals surface area contributed by atoms with Gasteiger partial charge in [0, 0.05) is 32.8 Å². The Labute approximate surface area is 130 Å². The molecule has 3 N–H and O–H groups in total. The Morgan fingerprint density at radius 3 is 2.95 bits per heavy atom. The van der Waals surface area contributed by atoms with E-state index in [0.717, 1.165) is 25.3 Å². The highest BCUT2D eigenvalue weighted by Gasteiger charge is 2.33. The van der Waals surface area contributed by atoms with Crippen molar-refractivity contribution in [1.82, 2.24) is 25.0 Å². The Bertz CT molecular complexity index is 454. The minimum atomic E-state index is -0.0791. The normalized spacial score (nSPS) is 22.6. The molecule has 1 fully saturated rings. The molecule has 0 amide bonds. The number of hydrogen-bond acceptors (Lipinski definition) is 6. The third-order valence-electron chi connectivity index (χ3n) is 4.10. The molecule has 1 aliphatic rings. The van der Waals surface area contributed by atoms with Crippen LogP contribution >= 0.6 is 11.6 Å². The number of nitrogens with two attached hydrogens (primary N) is 1. The summed E-state index contributed by atoms with van der Waals surface area (Å²) in [6.07, 6.45) is 1.67. The van der Waals surface area contributed by atoms with Crippen molar-refractivity contribution in [1.29, 1.82) is 0 Å². The molecule has 0 radical (unpaired) electrons. The maximum Gasteiger partial charge on any atom is 0.0835 e. The van der Waals surface area contributed by atoms with Crippen LogP contribution in [0.3, 0.4) is 0 Å². The zero-order chi connectivity index (χ0) is 15.4. The minimum Gasteiger partial charge on any atom is -0.383 e. The molecule has 2 unspecified atom stereocenters. The van der Waals surface area contributed by atoms with E-state index in [0.29, 0.717) is 18.2 Å². The van der Waals surface area contributed by atoms with Gasteiger partial charge in [0.1, 0.15) is 0 Å². The SMILES string of the molecule is COCCn1ncc(Cl)c1C(NN)C1CN(C)CCN1C. The van der Waals surface area contributed by atoms with Crippen LogP contribution in [0.25, 0.3) is 0 Å². The topological polar surface area (TPSA) is 71.6 Å². The quantitative estimate of drug-likeness (QED) is 0.566. The predicted molar refractivity (Wildman–Crippen MR) is 83.1 cm³/mol. The van der Waals surface area contributed by atoms with Crippen LogP contribution in [0.2, 0.25) is 5.02 Å². The van der Waals surface area contributed by atoms with E-state index in [1.807, 2.05) is 4.68 Å². The maximum absolute atomic E-state index is 6.35. The largest absolute Gasteiger partial charge is 0.383 e. The molecule has 1 saturated heterocycles. The zero-order valence-electron chi connectivity index (χ0n) is 12.9. The van der Waals surface area contributed by atoms with Gasteiger partial charge in [0.15, 0.2) is 0 Å². The lowest BCUT2D eigenvalue weighted by atomic mass is 10.0. The molecule has 21 heavy (non-hydrogen) atoms. The molecular weight excluding hydrogens is 292 g/mol. The van der Waals surface area contributed by atoms with Gasteiger partial charge in [-0.1, -0.05) is 11.6 Å². The first-order chi connectivity index (χ1) is 10.1. The molecule has 2 heterocycles. The minimum absolute atomic E-state index is 0.0791. The summed E-state index contributed by atoms with van der Waals surface area (Å²) in [4.78, 5) is 4.62. The van der Waals surface area contributed by atoms with E-state index >= 15 is 0 Å². The zero-order valence-corrected chi connectivity index (χ0v) is 13.7. The van der Waals surface area contributed by atoms with Crippen LogP contribution in [0, 0.1) is 0 Å². The molecule has 8 heteroatoms. The molecule has 0 spiro atoms. The highest BCUT2D eigenvalue weighted by molar-refractivity contribution is 6.31. The molecule has 7 nitrogen and oxygen atoms in total. The fraction of sp³-hybridized carbons (Fsp3) is 0.769. The first-order valence-electron chi connectivity index (χ1n) is 7.13. The molecule has 0 bridgehead atoms. The number of halogens is 1. The second-order valence-corrected chi connectivity index (χ2v) is 5.96. The van der Waals surface area contributed by atoms with Gasteiger partial charge in [-0.05, 0) is 14.1 Å². The van der Waals surface area contributed by atoms with Crippen molar-refractivity contribution >= 4 is 11.6 Å². The lowest BCUT2D eigenvalue weighted by Crippen LogP contribution is -2.56. The summed E-state index contributed by atoms with van der Waals surface area (Å²) in [5, 5.41) is 4.97. The summed E-state index contributed by atoms with van der Waals surface area (Å²) in [7, 11) is 5.91. The number of aromatic nitrogens is 2. The monoisotopic (exact) mass is 316 g/mol. The third-order valence-corrected chi connectivity index (χ3v) is 4.39. The lowest BCUT2D eigenvalue weighted by molar-refractivity contribution is 0.0845. The molecule has 2 rings (SSSR count). The summed E-state index contributed by atoms with van der Waals surface area (Å²) in [6, 6.07) is 0.161. The first-order valence-corrected chi connectivity index (χ1v) is 7.51. The number of hydrogen-bond donors (Lipinski definition) is 2. The number of piperazine rings is 1. The van der Waals surface area contributed by atoms with Gasteiger partial charge in [-0.3, -0.25) is 15.4 Å². The average molecular weight is 317 g/mol. The van der Waals surface area contributed by atoms with Gasteiger partial charge in [-0.2, -0.15) is 5.10 Å². The van der Waals surface area contributed by atoms with Crippen molar-refractivity contribution in [3.05, 3.63) is 16.9 Å². The number of nitrogens with zero attached hydrogens (tertiary/aromatic N) is 4. The lowest BCUT2D eigenvalue weighted by Gasteiger charge is -2.41. The fourth-order valence-corrected chi connectivity index (χ4v) is 3.07. The van der Waals surface area contributed by atoms with E-state index in [4.69, 9.17) is 22.2 Å². The summed E-state index contributed by atoms with van der Waals surface area (Å²) in [5.41, 5.74) is 3.85. The van der Waals surface area contributed by atoms with E-state index in [-0.39, 0.29) is 12.1 Å². The summed E-state index contributed by atoms with van der Waals surface area (Å²) in [6.45, 7) is 4.23. The van der Waals surface area contributed by atoms with Crippen LogP contribution in [0.15, 0.2) is 6.20 Å². The molecule has 2 atom stereocenters. The van der Waals surface area contributed by atoms with Crippen LogP contribution < -0.4 is 11.3 Å². The standard InChI is InChI=1S/C13H25ClN6O/c1-18-4-5-19(2)11(9-18)12(17-15)13-10(14)8-16-20(13)6-7-21-3/h8,11-12,17H,4-7,9,15H2,1-3H3. The van der Waals surface area contributed by atoms with Gasteiger partial charge in [0.2, 0.25) is 0 Å². The number of methoxy groups -OCH3 is 1. The van der Waals surface area contributed by atoms with Gasteiger partial charge in [0.05, 0.1) is 36.1 Å². The van der Waals surface area contributed by atoms with E-state index in [2.05, 4.69) is 34.4 Å². The Morgan fingerprint density at radius 2 is 2.29 bits per heavy atom. The second-order valence-electron chi connectivity index (χ2n) is 5.55. The smallest absolute Gasteiger partial charge is 0.0835 e. The van der Waals surface area contributed by atoms with Crippen molar-refractivity contribution in [3.63, 3.8) is 0 Å². The Morgan fingerprint density at radius 1 is 1.52 bits per heavy atom. The Balaban J connectivity index is 2.25. The fourth-order valence-electron chi connectivity index (χ4n) is 2.81. The number of hydrazine groups is 1. The van der Waals surface area contributed by atoms with Gasteiger partial charge in [-0.25, -0.2) is 5.43 Å². The van der Waals surface area contributed by atoms with Crippen LogP contribution in [-0.2, 0) is 11.3 Å². The predicted octanol–water partition coefficient (Wildman–Crippen LogP) is -0.0669. The Hall–Kier alpha value is -0.700. The van der Waals surface area contributed by atoms with Crippen molar-refractivity contribution < 1.29 is 4.74 Å². The molecule has 120 valence electrons. The van der Waals surface area contributed by atoms with Crippen LogP contribution in [0.1, 0.15) is 11.7 Å². The van der Waals surface area contributed by atoms with E-state index < -0.39 is 0 Å². The molecular formula is C13H25ClN6O. The highest BCUT2D eigenvalue weighted by Crippen LogP contribution is 2.28. The molecule has 0 aliphatic carbocycles. The Kier molecular flexibility index (Phi) is 5.98. The molecule has 0 aromatic carbocycles. The number of rotatable bonds is 6. The molecule has 1 aromatic rings. The van der Waals surface area contributed by atoms with Gasteiger partial charge in [0.25, 0.3) is 0 Å². The summed E-state index contributed by atoms with van der Waals surface area (Å²) < 4.78 is 7.01. The van der Waals surface area contributed by atoms with Gasteiger partial charge >= 0.3 is 0 Å². The van der Waals surface area contributed by atoms with Crippen molar-refractivity contribution in [2.24, 2.45) is 5.84 Å². The van der Waals surface area contributed by atoms with Gasteiger partial charge < -0.3 is 9.64 Å². The number of nitrogens with one attached hydrogen (secondary N) is 1. The van der Waals surface area contributed by atoms with E-state index in [1.165, 1.54) is 0 Å². The summed E-state index contributed by atoms with van der Waals surface area (Å²) in [5.74, 6) is 5.84.